The van der Waals surface area contributed by atoms with Gasteiger partial charge in [-0.2, -0.15) is 0 Å². The second-order valence-electron chi connectivity index (χ2n) is 4.96. The zero-order valence-corrected chi connectivity index (χ0v) is 12.0. The van der Waals surface area contributed by atoms with E-state index in [9.17, 15) is 4.79 Å². The number of para-hydroxylation sites is 1. The first kappa shape index (κ1) is 13.5. The van der Waals surface area contributed by atoms with Crippen molar-refractivity contribution in [1.82, 2.24) is 9.97 Å². The average Bonchev–Trinajstić information content (AvgIpc) is 2.55. The first-order valence-electron chi connectivity index (χ1n) is 7.05. The van der Waals surface area contributed by atoms with Gasteiger partial charge in [0.1, 0.15) is 17.9 Å². The van der Waals surface area contributed by atoms with Crippen LogP contribution in [0.2, 0.25) is 0 Å². The number of nitrogens with zero attached hydrogens (tertiary/aromatic N) is 3. The highest BCUT2D eigenvalue weighted by Gasteiger charge is 2.21. The molecule has 1 amide bonds. The van der Waals surface area contributed by atoms with Gasteiger partial charge >= 0.3 is 0 Å². The van der Waals surface area contributed by atoms with Crippen LogP contribution in [-0.4, -0.2) is 29.5 Å². The lowest BCUT2D eigenvalue weighted by Crippen LogP contribution is -2.35. The van der Waals surface area contributed by atoms with Crippen molar-refractivity contribution in [3.63, 3.8) is 0 Å². The van der Waals surface area contributed by atoms with Crippen molar-refractivity contribution in [3.8, 4) is 17.0 Å². The van der Waals surface area contributed by atoms with Crippen LogP contribution in [0.15, 0.2) is 36.7 Å². The number of piperidine rings is 1. The predicted octanol–water partition coefficient (Wildman–Crippen LogP) is 2.67. The predicted molar refractivity (Wildman–Crippen MR) is 80.2 cm³/mol. The number of aromatic nitrogens is 2. The summed E-state index contributed by atoms with van der Waals surface area (Å²) in [5, 5.41) is 0. The molecule has 0 atom stereocenters. The number of amides is 1. The van der Waals surface area contributed by atoms with Crippen LogP contribution >= 0.6 is 0 Å². The second-order valence-corrected chi connectivity index (χ2v) is 4.96. The summed E-state index contributed by atoms with van der Waals surface area (Å²) < 4.78 is 5.37. The molecule has 1 aromatic carbocycles. The van der Waals surface area contributed by atoms with E-state index in [0.29, 0.717) is 12.2 Å². The van der Waals surface area contributed by atoms with E-state index in [1.165, 1.54) is 6.33 Å². The van der Waals surface area contributed by atoms with Crippen LogP contribution in [0.1, 0.15) is 19.3 Å². The van der Waals surface area contributed by atoms with Gasteiger partial charge in [-0.25, -0.2) is 9.97 Å². The molecule has 1 aromatic heterocycles. The molecule has 5 nitrogen and oxygen atoms in total. The van der Waals surface area contributed by atoms with E-state index in [-0.39, 0.29) is 5.91 Å². The first-order chi connectivity index (χ1) is 10.3. The Hall–Kier alpha value is -2.43. The Bertz CT molecular complexity index is 657. The lowest BCUT2D eigenvalue weighted by Gasteiger charge is -2.25. The average molecular weight is 283 g/mol. The van der Waals surface area contributed by atoms with E-state index in [0.717, 1.165) is 36.4 Å². The Balaban J connectivity index is 1.98. The molecule has 0 N–H and O–H groups in total. The minimum atomic E-state index is 0.130. The third-order valence-electron chi connectivity index (χ3n) is 3.64. The normalized spacial score (nSPS) is 15.1. The lowest BCUT2D eigenvalue weighted by molar-refractivity contribution is -0.119. The van der Waals surface area contributed by atoms with Crippen LogP contribution < -0.4 is 9.64 Å². The van der Waals surface area contributed by atoms with E-state index >= 15 is 0 Å². The Kier molecular flexibility index (Phi) is 3.81. The van der Waals surface area contributed by atoms with Crippen molar-refractivity contribution in [3.05, 3.63) is 36.7 Å². The summed E-state index contributed by atoms with van der Waals surface area (Å²) in [6.07, 6.45) is 4.06. The van der Waals surface area contributed by atoms with Gasteiger partial charge < -0.3 is 4.74 Å². The molecule has 1 aliphatic rings. The van der Waals surface area contributed by atoms with Crippen molar-refractivity contribution >= 4 is 11.7 Å². The fraction of sp³-hybridized carbons (Fsp3) is 0.312. The van der Waals surface area contributed by atoms with Gasteiger partial charge in [0.2, 0.25) is 5.91 Å². The standard InChI is InChI=1S/C16H17N3O2/c1-21-14-7-3-2-6-12(14)13-10-15(18-11-17-13)19-9-5-4-8-16(19)20/h2-3,6-7,10-11H,4-5,8-9H2,1H3. The number of carbonyl (C=O) groups is 1. The molecule has 5 heteroatoms. The summed E-state index contributed by atoms with van der Waals surface area (Å²) in [5.41, 5.74) is 1.66. The van der Waals surface area contributed by atoms with Crippen LogP contribution in [0.4, 0.5) is 5.82 Å². The number of anilines is 1. The molecule has 0 saturated carbocycles. The van der Waals surface area contributed by atoms with Crippen molar-refractivity contribution in [2.45, 2.75) is 19.3 Å². The summed E-state index contributed by atoms with van der Waals surface area (Å²) in [4.78, 5) is 22.3. The largest absolute Gasteiger partial charge is 0.496 e. The minimum Gasteiger partial charge on any atom is -0.496 e. The van der Waals surface area contributed by atoms with Crippen LogP contribution in [-0.2, 0) is 4.79 Å². The molecular formula is C16H17N3O2. The Labute approximate surface area is 123 Å². The Morgan fingerprint density at radius 3 is 2.86 bits per heavy atom. The monoisotopic (exact) mass is 283 g/mol. The first-order valence-corrected chi connectivity index (χ1v) is 7.05. The van der Waals surface area contributed by atoms with Gasteiger partial charge in [0.25, 0.3) is 0 Å². The van der Waals surface area contributed by atoms with Crippen molar-refractivity contribution < 1.29 is 9.53 Å². The smallest absolute Gasteiger partial charge is 0.228 e. The molecular weight excluding hydrogens is 266 g/mol. The van der Waals surface area contributed by atoms with Crippen LogP contribution in [0.5, 0.6) is 5.75 Å². The highest BCUT2D eigenvalue weighted by molar-refractivity contribution is 5.93. The lowest BCUT2D eigenvalue weighted by atomic mass is 10.1. The molecule has 2 aromatic rings. The van der Waals surface area contributed by atoms with E-state index < -0.39 is 0 Å². The molecule has 0 spiro atoms. The van der Waals surface area contributed by atoms with Gasteiger partial charge in [0.15, 0.2) is 0 Å². The van der Waals surface area contributed by atoms with Gasteiger partial charge in [-0.3, -0.25) is 9.69 Å². The second kappa shape index (κ2) is 5.91. The van der Waals surface area contributed by atoms with Crippen LogP contribution in [0.3, 0.4) is 0 Å². The van der Waals surface area contributed by atoms with Gasteiger partial charge in [0.05, 0.1) is 12.8 Å². The quantitative estimate of drug-likeness (QED) is 0.869. The molecule has 1 saturated heterocycles. The zero-order valence-electron chi connectivity index (χ0n) is 12.0. The summed E-state index contributed by atoms with van der Waals surface area (Å²) in [7, 11) is 1.63. The molecule has 0 radical (unpaired) electrons. The molecule has 2 heterocycles. The Morgan fingerprint density at radius 2 is 2.05 bits per heavy atom. The summed E-state index contributed by atoms with van der Waals surface area (Å²) in [5.74, 6) is 1.55. The number of carbonyl (C=O) groups excluding carboxylic acids is 1. The van der Waals surface area contributed by atoms with E-state index in [1.54, 1.807) is 12.0 Å². The number of benzene rings is 1. The third-order valence-corrected chi connectivity index (χ3v) is 3.64. The minimum absolute atomic E-state index is 0.130. The molecule has 0 bridgehead atoms. The molecule has 3 rings (SSSR count). The number of hydrogen-bond acceptors (Lipinski definition) is 4. The number of hydrogen-bond donors (Lipinski definition) is 0. The third kappa shape index (κ3) is 2.72. The fourth-order valence-corrected chi connectivity index (χ4v) is 2.55. The van der Waals surface area contributed by atoms with Gasteiger partial charge in [-0.15, -0.1) is 0 Å². The van der Waals surface area contributed by atoms with Gasteiger partial charge in [-0.1, -0.05) is 12.1 Å². The van der Waals surface area contributed by atoms with E-state index in [1.807, 2.05) is 30.3 Å². The highest BCUT2D eigenvalue weighted by atomic mass is 16.5. The van der Waals surface area contributed by atoms with Crippen molar-refractivity contribution in [2.75, 3.05) is 18.6 Å². The van der Waals surface area contributed by atoms with Crippen LogP contribution in [0.25, 0.3) is 11.3 Å². The Morgan fingerprint density at radius 1 is 1.19 bits per heavy atom. The molecule has 0 unspecified atom stereocenters. The topological polar surface area (TPSA) is 55.3 Å². The van der Waals surface area contributed by atoms with E-state index in [2.05, 4.69) is 9.97 Å². The fourth-order valence-electron chi connectivity index (χ4n) is 2.55. The van der Waals surface area contributed by atoms with E-state index in [4.69, 9.17) is 4.74 Å². The van der Waals surface area contributed by atoms with Crippen LogP contribution in [0, 0.1) is 0 Å². The van der Waals surface area contributed by atoms with Crippen molar-refractivity contribution in [1.29, 1.82) is 0 Å². The number of ether oxygens (including phenoxy) is 1. The van der Waals surface area contributed by atoms with Crippen molar-refractivity contribution in [2.24, 2.45) is 0 Å². The maximum atomic E-state index is 12.0. The molecule has 21 heavy (non-hydrogen) atoms. The summed E-state index contributed by atoms with van der Waals surface area (Å²) in [6.45, 7) is 0.723. The number of methoxy groups -OCH3 is 1. The molecule has 108 valence electrons. The van der Waals surface area contributed by atoms with Gasteiger partial charge in [0, 0.05) is 24.6 Å². The molecule has 1 fully saturated rings. The number of rotatable bonds is 3. The van der Waals surface area contributed by atoms with Gasteiger partial charge in [-0.05, 0) is 25.0 Å². The summed E-state index contributed by atoms with van der Waals surface area (Å²) in [6, 6.07) is 9.54. The summed E-state index contributed by atoms with van der Waals surface area (Å²) >= 11 is 0. The molecule has 0 aliphatic carbocycles. The molecule has 1 aliphatic heterocycles. The zero-order chi connectivity index (χ0) is 14.7. The SMILES string of the molecule is COc1ccccc1-c1cc(N2CCCCC2=O)ncn1. The highest BCUT2D eigenvalue weighted by Crippen LogP contribution is 2.30. The maximum Gasteiger partial charge on any atom is 0.228 e. The maximum absolute atomic E-state index is 12.0.